The van der Waals surface area contributed by atoms with Crippen LogP contribution in [0.1, 0.15) is 50.5 Å². The van der Waals surface area contributed by atoms with E-state index in [1.54, 1.807) is 0 Å². The van der Waals surface area contributed by atoms with E-state index in [9.17, 15) is 27.1 Å². The Labute approximate surface area is 317 Å². The monoisotopic (exact) mass is 784 g/mol. The lowest BCUT2D eigenvalue weighted by molar-refractivity contribution is -0.294. The predicted molar refractivity (Wildman–Crippen MR) is 193 cm³/mol. The molecule has 5 fully saturated rings. The molecule has 9 nitrogen and oxygen atoms in total. The van der Waals surface area contributed by atoms with E-state index in [2.05, 4.69) is 26.1 Å². The third kappa shape index (κ3) is 6.12. The quantitative estimate of drug-likeness (QED) is 0.135. The van der Waals surface area contributed by atoms with Gasteiger partial charge in [0.25, 0.3) is 0 Å². The van der Waals surface area contributed by atoms with Gasteiger partial charge < -0.3 is 29.7 Å². The summed E-state index contributed by atoms with van der Waals surface area (Å²) in [5.41, 5.74) is -1.84. The van der Waals surface area contributed by atoms with E-state index in [4.69, 9.17) is 20.9 Å². The molecule has 2 N–H and O–H groups in total. The van der Waals surface area contributed by atoms with Crippen molar-refractivity contribution >= 4 is 27.5 Å². The number of nitrogens with one attached hydrogen (secondary N) is 1. The number of nitrogens with zero attached hydrogens (tertiary/aromatic N) is 5. The second-order valence-corrected chi connectivity index (χ2v) is 16.3. The van der Waals surface area contributed by atoms with Crippen LogP contribution in [-0.4, -0.2) is 95.6 Å². The van der Waals surface area contributed by atoms with Crippen LogP contribution >= 0.6 is 0 Å². The molecule has 296 valence electrons. The molecule has 5 aliphatic rings. The number of anilines is 1. The van der Waals surface area contributed by atoms with Gasteiger partial charge in [0, 0.05) is 54.0 Å². The number of rotatable bonds is 9. The van der Waals surface area contributed by atoms with Crippen molar-refractivity contribution in [3.05, 3.63) is 41.5 Å². The highest BCUT2D eigenvalue weighted by atomic mass is 19.4. The van der Waals surface area contributed by atoms with Crippen molar-refractivity contribution in [2.24, 2.45) is 16.7 Å². The molecule has 56 heavy (non-hydrogen) atoms. The van der Waals surface area contributed by atoms with Gasteiger partial charge in [-0.1, -0.05) is 12.0 Å². The first-order valence-corrected chi connectivity index (χ1v) is 18.8. The van der Waals surface area contributed by atoms with Crippen LogP contribution in [0.5, 0.6) is 17.6 Å². The Morgan fingerprint density at radius 2 is 1.70 bits per heavy atom. The Kier molecular flexibility index (Phi) is 8.56. The maximum atomic E-state index is 17.2. The number of hydrogen-bond acceptors (Lipinski definition) is 9. The van der Waals surface area contributed by atoms with E-state index in [0.29, 0.717) is 43.9 Å². The van der Waals surface area contributed by atoms with Crippen LogP contribution in [0, 0.1) is 40.7 Å². The van der Waals surface area contributed by atoms with Crippen LogP contribution in [-0.2, 0) is 0 Å². The highest BCUT2D eigenvalue weighted by Gasteiger charge is 2.74. The third-order valence-corrected chi connectivity index (χ3v) is 12.8. The summed E-state index contributed by atoms with van der Waals surface area (Å²) < 4.78 is 112. The van der Waals surface area contributed by atoms with Gasteiger partial charge in [0.2, 0.25) is 5.88 Å². The molecule has 9 rings (SSSR count). The number of phenols is 1. The third-order valence-electron chi connectivity index (χ3n) is 12.8. The number of terminal acetylenes is 1. The zero-order chi connectivity index (χ0) is 39.4. The number of ether oxygens (including phenoxy) is 2. The first-order chi connectivity index (χ1) is 26.6. The Morgan fingerprint density at radius 1 is 0.982 bits per heavy atom. The van der Waals surface area contributed by atoms with Crippen molar-refractivity contribution in [3.63, 3.8) is 0 Å². The highest BCUT2D eigenvalue weighted by Crippen LogP contribution is 2.68. The number of benzene rings is 2. The minimum absolute atomic E-state index is 0.00594. The van der Waals surface area contributed by atoms with Crippen molar-refractivity contribution in [3.8, 4) is 41.2 Å². The van der Waals surface area contributed by atoms with Gasteiger partial charge in [0.15, 0.2) is 5.82 Å². The van der Waals surface area contributed by atoms with Gasteiger partial charge in [-0.25, -0.2) is 13.8 Å². The molecule has 2 aromatic heterocycles. The normalized spacial score (nSPS) is 24.1. The number of aromatic nitrogens is 3. The van der Waals surface area contributed by atoms with Gasteiger partial charge in [-0.2, -0.15) is 31.9 Å². The molecule has 3 atom stereocenters. The first-order valence-electron chi connectivity index (χ1n) is 18.8. The number of piperazine rings is 1. The Bertz CT molecular complexity index is 2270. The summed E-state index contributed by atoms with van der Waals surface area (Å²) in [5, 5.41) is 15.0. The molecule has 2 aromatic carbocycles. The molecule has 0 amide bonds. The van der Waals surface area contributed by atoms with Crippen LogP contribution in [0.3, 0.4) is 0 Å². The zero-order valence-corrected chi connectivity index (χ0v) is 30.5. The number of alkyl halides is 5. The second kappa shape index (κ2) is 13.0. The number of piperidine rings is 1. The standard InChI is InChI=1S/C40H39F7N6O3/c1-3-25-27(41)7-4-21-14-24(54)15-26(29(21)25)32-31(42)33-30(35(49-32)55-2)34(53-17-22-5-6-23(18-53)48-22)51-36(50-33)56-20-37(8-9-37)19-52-12-10-38(11-13-52)16-28(38)39(43,44)40(45,46)47/h1,4,7,14-15,22-23,28,48,54H,5-6,8-13,16-20H2,2H3. The Morgan fingerprint density at radius 3 is 2.34 bits per heavy atom. The van der Waals surface area contributed by atoms with E-state index in [0.717, 1.165) is 25.7 Å². The fourth-order valence-electron chi connectivity index (χ4n) is 9.43. The van der Waals surface area contributed by atoms with Crippen LogP contribution in [0.25, 0.3) is 32.9 Å². The van der Waals surface area contributed by atoms with Crippen molar-refractivity contribution in [1.29, 1.82) is 0 Å². The summed E-state index contributed by atoms with van der Waals surface area (Å²) in [4.78, 5) is 18.1. The molecule has 5 heterocycles. The Balaban J connectivity index is 1.04. The molecular weight excluding hydrogens is 745 g/mol. The topological polar surface area (TPSA) is 95.9 Å². The molecular formula is C40H39F7N6O3. The van der Waals surface area contributed by atoms with Gasteiger partial charge in [-0.05, 0) is 87.0 Å². The molecule has 1 spiro atoms. The summed E-state index contributed by atoms with van der Waals surface area (Å²) in [5.74, 6) is -5.46. The minimum Gasteiger partial charge on any atom is -0.508 e. The summed E-state index contributed by atoms with van der Waals surface area (Å²) in [7, 11) is 1.39. The summed E-state index contributed by atoms with van der Waals surface area (Å²) in [6.07, 6.45) is 4.08. The molecule has 2 bridgehead atoms. The summed E-state index contributed by atoms with van der Waals surface area (Å²) in [6, 6.07) is 5.54. The van der Waals surface area contributed by atoms with Crippen LogP contribution in [0.2, 0.25) is 0 Å². The lowest BCUT2D eigenvalue weighted by Gasteiger charge is -2.36. The predicted octanol–water partition coefficient (Wildman–Crippen LogP) is 7.22. The number of halogens is 7. The number of hydrogen-bond donors (Lipinski definition) is 2. The number of phenolic OH excluding ortho intramolecular Hbond substituents is 1. The average Bonchev–Trinajstić information content (AvgIpc) is 4.07. The molecule has 3 aliphatic heterocycles. The smallest absolute Gasteiger partial charge is 0.453 e. The maximum absolute atomic E-state index is 17.2. The minimum atomic E-state index is -5.56. The lowest BCUT2D eigenvalue weighted by Crippen LogP contribution is -2.51. The number of methoxy groups -OCH3 is 1. The van der Waals surface area contributed by atoms with Gasteiger partial charge in [0.05, 0.1) is 19.3 Å². The van der Waals surface area contributed by atoms with Gasteiger partial charge >= 0.3 is 18.1 Å². The van der Waals surface area contributed by atoms with Crippen LogP contribution in [0.15, 0.2) is 24.3 Å². The van der Waals surface area contributed by atoms with Gasteiger partial charge in [-0.15, -0.1) is 6.42 Å². The first kappa shape index (κ1) is 37.0. The number of fused-ring (bicyclic) bond motifs is 4. The summed E-state index contributed by atoms with van der Waals surface area (Å²) in [6.45, 7) is 2.69. The molecule has 3 saturated heterocycles. The molecule has 0 radical (unpaired) electrons. The Hall–Kier alpha value is -4.62. The second-order valence-electron chi connectivity index (χ2n) is 16.3. The van der Waals surface area contributed by atoms with E-state index in [1.165, 1.54) is 31.4 Å². The van der Waals surface area contributed by atoms with E-state index in [1.807, 2.05) is 4.90 Å². The highest BCUT2D eigenvalue weighted by molar-refractivity contribution is 6.04. The molecule has 16 heteroatoms. The van der Waals surface area contributed by atoms with E-state index >= 15 is 8.78 Å². The van der Waals surface area contributed by atoms with Crippen molar-refractivity contribution in [2.75, 3.05) is 51.3 Å². The zero-order valence-electron chi connectivity index (χ0n) is 30.5. The van der Waals surface area contributed by atoms with Crippen molar-refractivity contribution in [2.45, 2.75) is 69.1 Å². The maximum Gasteiger partial charge on any atom is 0.453 e. The van der Waals surface area contributed by atoms with E-state index in [-0.39, 0.29) is 94.1 Å². The molecule has 4 aromatic rings. The van der Waals surface area contributed by atoms with Gasteiger partial charge in [-0.3, -0.25) is 0 Å². The largest absolute Gasteiger partial charge is 0.508 e. The van der Waals surface area contributed by atoms with Crippen LogP contribution < -0.4 is 19.7 Å². The number of likely N-dealkylation sites (tertiary alicyclic amines) is 1. The van der Waals surface area contributed by atoms with Gasteiger partial charge in [0.1, 0.15) is 34.0 Å². The molecule has 2 saturated carbocycles. The molecule has 2 aliphatic carbocycles. The fraction of sp³-hybridized carbons (Fsp3) is 0.525. The summed E-state index contributed by atoms with van der Waals surface area (Å²) >= 11 is 0. The lowest BCUT2D eigenvalue weighted by atomic mass is 9.88. The fourth-order valence-corrected chi connectivity index (χ4v) is 9.43. The van der Waals surface area contributed by atoms with Crippen LogP contribution in [0.4, 0.5) is 36.6 Å². The van der Waals surface area contributed by atoms with Crippen molar-refractivity contribution < 1.29 is 45.3 Å². The number of aromatic hydroxyl groups is 1. The van der Waals surface area contributed by atoms with E-state index < -0.39 is 35.1 Å². The number of pyridine rings is 1. The average molecular weight is 785 g/mol. The SMILES string of the molecule is C#Cc1c(F)ccc2cc(O)cc(-c3nc(OC)c4c(N5CC6CCC(C5)N6)nc(OCC5(CN6CCC7(CC6)CC7C(F)(F)C(F)(F)F)CC5)nc4c3F)c12. The molecule has 3 unspecified atom stereocenters. The van der Waals surface area contributed by atoms with Crippen molar-refractivity contribution in [1.82, 2.24) is 25.2 Å².